The van der Waals surface area contributed by atoms with Crippen LogP contribution in [0.1, 0.15) is 31.2 Å². The molecule has 1 aliphatic rings. The zero-order valence-electron chi connectivity index (χ0n) is 11.3. The molecule has 0 atom stereocenters. The molecule has 1 saturated carbocycles. The first kappa shape index (κ1) is 12.4. The van der Waals surface area contributed by atoms with Gasteiger partial charge in [0.2, 0.25) is 0 Å². The van der Waals surface area contributed by atoms with E-state index >= 15 is 0 Å². The van der Waals surface area contributed by atoms with Crippen LogP contribution in [-0.2, 0) is 0 Å². The van der Waals surface area contributed by atoms with Crippen LogP contribution in [0.3, 0.4) is 0 Å². The molecule has 2 aromatic rings. The lowest BCUT2D eigenvalue weighted by Gasteiger charge is -2.27. The summed E-state index contributed by atoms with van der Waals surface area (Å²) in [4.78, 5) is 4.71. The van der Waals surface area contributed by atoms with Gasteiger partial charge < -0.3 is 10.4 Å². The minimum atomic E-state index is -0.108. The fraction of sp³-hybridized carbons (Fsp3) is 0.438. The first-order chi connectivity index (χ1) is 9.22. The average Bonchev–Trinajstić information content (AvgIpc) is 2.42. The van der Waals surface area contributed by atoms with E-state index in [1.54, 1.807) is 0 Å². The predicted octanol–water partition coefficient (Wildman–Crippen LogP) is 3.26. The monoisotopic (exact) mass is 256 g/mol. The van der Waals surface area contributed by atoms with Gasteiger partial charge in [0.05, 0.1) is 11.6 Å². The van der Waals surface area contributed by atoms with Crippen LogP contribution in [0.5, 0.6) is 0 Å². The standard InChI is InChI=1S/C16H20N2O/c1-11-10-12-4-2-3-5-15(12)18-16(11)17-13-6-8-14(19)9-7-13/h2-5,10,13-14,19H,6-9H2,1H3,(H,17,18). The fourth-order valence-electron chi connectivity index (χ4n) is 2.78. The largest absolute Gasteiger partial charge is 0.393 e. The van der Waals surface area contributed by atoms with Crippen LogP contribution >= 0.6 is 0 Å². The fourth-order valence-corrected chi connectivity index (χ4v) is 2.78. The zero-order valence-corrected chi connectivity index (χ0v) is 11.3. The second-order valence-electron chi connectivity index (χ2n) is 5.50. The molecule has 0 aliphatic heterocycles. The molecule has 0 unspecified atom stereocenters. The highest BCUT2D eigenvalue weighted by Crippen LogP contribution is 2.25. The molecule has 2 N–H and O–H groups in total. The third-order valence-electron chi connectivity index (χ3n) is 3.95. The van der Waals surface area contributed by atoms with Crippen LogP contribution in [-0.4, -0.2) is 22.2 Å². The molecule has 1 heterocycles. The third-order valence-corrected chi connectivity index (χ3v) is 3.95. The van der Waals surface area contributed by atoms with Gasteiger partial charge in [-0.05, 0) is 50.3 Å². The van der Waals surface area contributed by atoms with E-state index in [9.17, 15) is 5.11 Å². The van der Waals surface area contributed by atoms with Gasteiger partial charge >= 0.3 is 0 Å². The van der Waals surface area contributed by atoms with Crippen molar-refractivity contribution in [2.24, 2.45) is 0 Å². The first-order valence-corrected chi connectivity index (χ1v) is 7.03. The van der Waals surface area contributed by atoms with Crippen molar-refractivity contribution in [3.8, 4) is 0 Å². The number of hydrogen-bond donors (Lipinski definition) is 2. The van der Waals surface area contributed by atoms with Crippen molar-refractivity contribution >= 4 is 16.7 Å². The number of pyridine rings is 1. The number of aromatic nitrogens is 1. The summed E-state index contributed by atoms with van der Waals surface area (Å²) in [5.74, 6) is 0.986. The number of rotatable bonds is 2. The molecule has 0 saturated heterocycles. The van der Waals surface area contributed by atoms with Gasteiger partial charge in [-0.1, -0.05) is 18.2 Å². The molecule has 0 bridgehead atoms. The van der Waals surface area contributed by atoms with Crippen molar-refractivity contribution in [2.75, 3.05) is 5.32 Å². The lowest BCUT2D eigenvalue weighted by Crippen LogP contribution is -2.28. The Morgan fingerprint density at radius 2 is 1.89 bits per heavy atom. The molecule has 19 heavy (non-hydrogen) atoms. The molecule has 3 nitrogen and oxygen atoms in total. The van der Waals surface area contributed by atoms with Crippen molar-refractivity contribution in [3.05, 3.63) is 35.9 Å². The second kappa shape index (κ2) is 5.17. The van der Waals surface area contributed by atoms with E-state index in [4.69, 9.17) is 4.98 Å². The van der Waals surface area contributed by atoms with Crippen LogP contribution in [0.4, 0.5) is 5.82 Å². The van der Waals surface area contributed by atoms with E-state index in [0.717, 1.165) is 37.0 Å². The number of nitrogens with one attached hydrogen (secondary N) is 1. The topological polar surface area (TPSA) is 45.2 Å². The molecule has 0 amide bonds. The van der Waals surface area contributed by atoms with Crippen LogP contribution in [0.2, 0.25) is 0 Å². The summed E-state index contributed by atoms with van der Waals surface area (Å²) < 4.78 is 0. The maximum absolute atomic E-state index is 9.55. The summed E-state index contributed by atoms with van der Waals surface area (Å²) in [7, 11) is 0. The van der Waals surface area contributed by atoms with E-state index < -0.39 is 0 Å². The number of benzene rings is 1. The third kappa shape index (κ3) is 2.71. The SMILES string of the molecule is Cc1cc2ccccc2nc1NC1CCC(O)CC1. The molecule has 1 aromatic heterocycles. The highest BCUT2D eigenvalue weighted by atomic mass is 16.3. The van der Waals surface area contributed by atoms with Crippen LogP contribution in [0.15, 0.2) is 30.3 Å². The van der Waals surface area contributed by atoms with E-state index in [2.05, 4.69) is 24.4 Å². The van der Waals surface area contributed by atoms with Gasteiger partial charge in [0.15, 0.2) is 0 Å². The Hall–Kier alpha value is -1.61. The number of fused-ring (bicyclic) bond motifs is 1. The summed E-state index contributed by atoms with van der Waals surface area (Å²) >= 11 is 0. The molecule has 1 fully saturated rings. The van der Waals surface area contributed by atoms with Gasteiger partial charge in [0, 0.05) is 11.4 Å². The number of nitrogens with zero attached hydrogens (tertiary/aromatic N) is 1. The van der Waals surface area contributed by atoms with Gasteiger partial charge in [0.25, 0.3) is 0 Å². The van der Waals surface area contributed by atoms with Crippen molar-refractivity contribution in [1.82, 2.24) is 4.98 Å². The predicted molar refractivity (Wildman–Crippen MR) is 78.4 cm³/mol. The average molecular weight is 256 g/mol. The normalized spacial score (nSPS) is 23.5. The molecule has 0 spiro atoms. The number of aliphatic hydroxyl groups is 1. The lowest BCUT2D eigenvalue weighted by atomic mass is 9.93. The highest BCUT2D eigenvalue weighted by molar-refractivity contribution is 5.81. The Bertz CT molecular complexity index is 574. The first-order valence-electron chi connectivity index (χ1n) is 7.03. The highest BCUT2D eigenvalue weighted by Gasteiger charge is 2.19. The summed E-state index contributed by atoms with van der Waals surface area (Å²) in [6, 6.07) is 10.8. The van der Waals surface area contributed by atoms with Crippen LogP contribution < -0.4 is 5.32 Å². The summed E-state index contributed by atoms with van der Waals surface area (Å²) in [6.07, 6.45) is 3.72. The minimum absolute atomic E-state index is 0.108. The molecular weight excluding hydrogens is 236 g/mol. The Morgan fingerprint density at radius 1 is 1.16 bits per heavy atom. The summed E-state index contributed by atoms with van der Waals surface area (Å²) in [5, 5.41) is 14.3. The molecule has 3 heteroatoms. The Balaban J connectivity index is 1.82. The van der Waals surface area contributed by atoms with Gasteiger partial charge in [-0.15, -0.1) is 0 Å². The Kier molecular flexibility index (Phi) is 3.38. The molecule has 3 rings (SSSR count). The summed E-state index contributed by atoms with van der Waals surface area (Å²) in [6.45, 7) is 2.10. The van der Waals surface area contributed by atoms with E-state index in [0.29, 0.717) is 6.04 Å². The van der Waals surface area contributed by atoms with Crippen molar-refractivity contribution in [3.63, 3.8) is 0 Å². The Labute approximate surface area is 113 Å². The number of aliphatic hydroxyl groups excluding tert-OH is 1. The van der Waals surface area contributed by atoms with Crippen molar-refractivity contribution in [1.29, 1.82) is 0 Å². The number of anilines is 1. The van der Waals surface area contributed by atoms with Gasteiger partial charge in [0.1, 0.15) is 5.82 Å². The molecule has 1 aromatic carbocycles. The van der Waals surface area contributed by atoms with Crippen molar-refractivity contribution < 1.29 is 5.11 Å². The second-order valence-corrected chi connectivity index (χ2v) is 5.50. The van der Waals surface area contributed by atoms with Gasteiger partial charge in [-0.25, -0.2) is 4.98 Å². The maximum Gasteiger partial charge on any atom is 0.129 e. The molecule has 0 radical (unpaired) electrons. The number of para-hydroxylation sites is 1. The summed E-state index contributed by atoms with van der Waals surface area (Å²) in [5.41, 5.74) is 2.22. The van der Waals surface area contributed by atoms with Gasteiger partial charge in [-0.3, -0.25) is 0 Å². The zero-order chi connectivity index (χ0) is 13.2. The molecular formula is C16H20N2O. The maximum atomic E-state index is 9.55. The minimum Gasteiger partial charge on any atom is -0.393 e. The Morgan fingerprint density at radius 3 is 2.68 bits per heavy atom. The smallest absolute Gasteiger partial charge is 0.129 e. The lowest BCUT2D eigenvalue weighted by molar-refractivity contribution is 0.126. The van der Waals surface area contributed by atoms with E-state index in [-0.39, 0.29) is 6.10 Å². The number of aryl methyl sites for hydroxylation is 1. The van der Waals surface area contributed by atoms with E-state index in [1.807, 2.05) is 18.2 Å². The van der Waals surface area contributed by atoms with Gasteiger partial charge in [-0.2, -0.15) is 0 Å². The van der Waals surface area contributed by atoms with Crippen LogP contribution in [0, 0.1) is 6.92 Å². The van der Waals surface area contributed by atoms with E-state index in [1.165, 1.54) is 10.9 Å². The van der Waals surface area contributed by atoms with Crippen molar-refractivity contribution in [2.45, 2.75) is 44.8 Å². The molecule has 1 aliphatic carbocycles. The van der Waals surface area contributed by atoms with Crippen LogP contribution in [0.25, 0.3) is 10.9 Å². The molecule has 100 valence electrons. The quantitative estimate of drug-likeness (QED) is 0.867. The number of hydrogen-bond acceptors (Lipinski definition) is 3.